The molecule has 0 amide bonds. The molecule has 0 aromatic heterocycles. The quantitative estimate of drug-likeness (QED) is 0.340. The van der Waals surface area contributed by atoms with E-state index < -0.39 is 0 Å². The number of aliphatic imine (C=N–C) groups is 1. The van der Waals surface area contributed by atoms with Crippen molar-refractivity contribution >= 4 is 29.9 Å². The number of rotatable bonds is 6. The standard InChI is InChI=1S/C24H38N4O2.HI/c1-3-25-24(27-11-13-30-23(18-27)22-10-7-12-29-22)26-15-21-14-19(2)28(17-21)16-20-8-5-4-6-9-20;/h4-6,8-9,19,21-23H,3,7,10-18H2,1-2H3,(H,25,26);1H. The molecule has 0 radical (unpaired) electrons. The number of morpholine rings is 1. The lowest BCUT2D eigenvalue weighted by atomic mass is 10.1. The molecule has 4 unspecified atom stereocenters. The van der Waals surface area contributed by atoms with Gasteiger partial charge in [0, 0.05) is 51.9 Å². The van der Waals surface area contributed by atoms with Crippen molar-refractivity contribution in [2.75, 3.05) is 45.9 Å². The minimum atomic E-state index is 0. The van der Waals surface area contributed by atoms with Gasteiger partial charge in [0.2, 0.25) is 0 Å². The number of nitrogens with zero attached hydrogens (tertiary/aromatic N) is 3. The average molecular weight is 543 g/mol. The van der Waals surface area contributed by atoms with Crippen molar-refractivity contribution in [1.29, 1.82) is 0 Å². The molecule has 3 aliphatic heterocycles. The van der Waals surface area contributed by atoms with Crippen molar-refractivity contribution in [1.82, 2.24) is 15.1 Å². The van der Waals surface area contributed by atoms with Crippen LogP contribution < -0.4 is 5.32 Å². The van der Waals surface area contributed by atoms with Gasteiger partial charge in [-0.2, -0.15) is 0 Å². The first-order valence-corrected chi connectivity index (χ1v) is 11.8. The Morgan fingerprint density at radius 1 is 1.13 bits per heavy atom. The van der Waals surface area contributed by atoms with E-state index in [2.05, 4.69) is 59.3 Å². The largest absolute Gasteiger partial charge is 0.375 e. The minimum Gasteiger partial charge on any atom is -0.375 e. The Bertz CT molecular complexity index is 683. The lowest BCUT2D eigenvalue weighted by molar-refractivity contribution is -0.0817. The van der Waals surface area contributed by atoms with Crippen LogP contribution in [-0.4, -0.2) is 79.9 Å². The highest BCUT2D eigenvalue weighted by Gasteiger charge is 2.33. The second-order valence-electron chi connectivity index (χ2n) is 8.97. The molecule has 1 aromatic carbocycles. The molecule has 0 aliphatic carbocycles. The zero-order valence-electron chi connectivity index (χ0n) is 19.0. The van der Waals surface area contributed by atoms with E-state index in [1.165, 1.54) is 12.0 Å². The highest BCUT2D eigenvalue weighted by atomic mass is 127. The lowest BCUT2D eigenvalue weighted by Crippen LogP contribution is -2.53. The molecule has 4 atom stereocenters. The molecule has 31 heavy (non-hydrogen) atoms. The van der Waals surface area contributed by atoms with E-state index >= 15 is 0 Å². The first-order chi connectivity index (χ1) is 14.7. The van der Waals surface area contributed by atoms with Gasteiger partial charge in [-0.25, -0.2) is 0 Å². The predicted octanol–water partition coefficient (Wildman–Crippen LogP) is 3.36. The normalized spacial score (nSPS) is 29.7. The number of halogens is 1. The molecule has 3 aliphatic rings. The summed E-state index contributed by atoms with van der Waals surface area (Å²) in [5, 5.41) is 3.52. The lowest BCUT2D eigenvalue weighted by Gasteiger charge is -2.37. The number of likely N-dealkylation sites (tertiary alicyclic amines) is 1. The SMILES string of the molecule is CCNC(=NCC1CC(C)N(Cc2ccccc2)C1)N1CCOC(C2CCCO2)C1.I. The third-order valence-electron chi connectivity index (χ3n) is 6.63. The van der Waals surface area contributed by atoms with Crippen LogP contribution in [0, 0.1) is 5.92 Å². The zero-order valence-corrected chi connectivity index (χ0v) is 21.4. The van der Waals surface area contributed by atoms with Crippen molar-refractivity contribution in [3.8, 4) is 0 Å². The predicted molar refractivity (Wildman–Crippen MR) is 136 cm³/mol. The number of benzene rings is 1. The molecule has 0 spiro atoms. The van der Waals surface area contributed by atoms with E-state index in [4.69, 9.17) is 14.5 Å². The molecule has 4 rings (SSSR count). The molecule has 0 saturated carbocycles. The van der Waals surface area contributed by atoms with Crippen molar-refractivity contribution in [2.24, 2.45) is 10.9 Å². The minimum absolute atomic E-state index is 0. The van der Waals surface area contributed by atoms with Crippen LogP contribution in [0.1, 0.15) is 38.7 Å². The summed E-state index contributed by atoms with van der Waals surface area (Å²) in [6.07, 6.45) is 3.90. The third kappa shape index (κ3) is 6.79. The summed E-state index contributed by atoms with van der Waals surface area (Å²) in [5.74, 6) is 1.66. The number of hydrogen-bond acceptors (Lipinski definition) is 4. The van der Waals surface area contributed by atoms with Gasteiger partial charge in [0.15, 0.2) is 5.96 Å². The van der Waals surface area contributed by atoms with E-state index in [-0.39, 0.29) is 36.2 Å². The molecule has 7 heteroatoms. The van der Waals surface area contributed by atoms with Crippen LogP contribution in [-0.2, 0) is 16.0 Å². The first-order valence-electron chi connectivity index (χ1n) is 11.8. The second kappa shape index (κ2) is 12.4. The fourth-order valence-corrected chi connectivity index (χ4v) is 5.02. The summed E-state index contributed by atoms with van der Waals surface area (Å²) >= 11 is 0. The Morgan fingerprint density at radius 2 is 1.94 bits per heavy atom. The summed E-state index contributed by atoms with van der Waals surface area (Å²) in [5.41, 5.74) is 1.40. The van der Waals surface area contributed by atoms with Gasteiger partial charge in [-0.05, 0) is 44.6 Å². The van der Waals surface area contributed by atoms with Crippen LogP contribution in [0.3, 0.4) is 0 Å². The van der Waals surface area contributed by atoms with Gasteiger partial charge >= 0.3 is 0 Å². The molecular formula is C24H39IN4O2. The maximum Gasteiger partial charge on any atom is 0.194 e. The molecular weight excluding hydrogens is 503 g/mol. The van der Waals surface area contributed by atoms with E-state index in [1.54, 1.807) is 0 Å². The van der Waals surface area contributed by atoms with Crippen LogP contribution in [0.4, 0.5) is 0 Å². The van der Waals surface area contributed by atoms with E-state index in [0.29, 0.717) is 12.0 Å². The topological polar surface area (TPSA) is 49.3 Å². The third-order valence-corrected chi connectivity index (χ3v) is 6.63. The maximum atomic E-state index is 6.03. The molecule has 1 aromatic rings. The average Bonchev–Trinajstić information content (AvgIpc) is 3.42. The van der Waals surface area contributed by atoms with E-state index in [9.17, 15) is 0 Å². The second-order valence-corrected chi connectivity index (χ2v) is 8.97. The van der Waals surface area contributed by atoms with Crippen molar-refractivity contribution in [3.63, 3.8) is 0 Å². The van der Waals surface area contributed by atoms with E-state index in [1.807, 2.05) is 0 Å². The van der Waals surface area contributed by atoms with Gasteiger partial charge in [0.1, 0.15) is 6.10 Å². The molecule has 3 saturated heterocycles. The van der Waals surface area contributed by atoms with Crippen LogP contribution in [0.15, 0.2) is 35.3 Å². The van der Waals surface area contributed by atoms with Crippen LogP contribution >= 0.6 is 24.0 Å². The van der Waals surface area contributed by atoms with Gasteiger partial charge in [0.25, 0.3) is 0 Å². The van der Waals surface area contributed by atoms with Gasteiger partial charge < -0.3 is 19.7 Å². The molecule has 0 bridgehead atoms. The zero-order chi connectivity index (χ0) is 20.8. The van der Waals surface area contributed by atoms with Crippen molar-refractivity contribution in [3.05, 3.63) is 35.9 Å². The summed E-state index contributed by atoms with van der Waals surface area (Å²) in [6.45, 7) is 11.8. The van der Waals surface area contributed by atoms with Crippen LogP contribution in [0.5, 0.6) is 0 Å². The Balaban J connectivity index is 0.00000272. The summed E-state index contributed by atoms with van der Waals surface area (Å²) in [7, 11) is 0. The fourth-order valence-electron chi connectivity index (χ4n) is 5.02. The Labute approximate surface area is 204 Å². The number of guanidine groups is 1. The number of hydrogen-bond donors (Lipinski definition) is 1. The summed E-state index contributed by atoms with van der Waals surface area (Å²) < 4.78 is 11.9. The molecule has 6 nitrogen and oxygen atoms in total. The van der Waals surface area contributed by atoms with Gasteiger partial charge in [-0.3, -0.25) is 9.89 Å². The maximum absolute atomic E-state index is 6.03. The highest BCUT2D eigenvalue weighted by Crippen LogP contribution is 2.25. The Kier molecular flexibility index (Phi) is 9.87. The number of ether oxygens (including phenoxy) is 2. The first kappa shape index (κ1) is 24.7. The summed E-state index contributed by atoms with van der Waals surface area (Å²) in [6, 6.07) is 11.4. The van der Waals surface area contributed by atoms with Crippen LogP contribution in [0.2, 0.25) is 0 Å². The van der Waals surface area contributed by atoms with E-state index in [0.717, 1.165) is 71.3 Å². The molecule has 3 heterocycles. The van der Waals surface area contributed by atoms with Crippen LogP contribution in [0.25, 0.3) is 0 Å². The van der Waals surface area contributed by atoms with Gasteiger partial charge in [-0.1, -0.05) is 30.3 Å². The number of nitrogens with one attached hydrogen (secondary N) is 1. The smallest absolute Gasteiger partial charge is 0.194 e. The van der Waals surface area contributed by atoms with Gasteiger partial charge in [0.05, 0.1) is 12.7 Å². The molecule has 1 N–H and O–H groups in total. The Hall–Kier alpha value is -0.900. The monoisotopic (exact) mass is 542 g/mol. The van der Waals surface area contributed by atoms with Gasteiger partial charge in [-0.15, -0.1) is 24.0 Å². The highest BCUT2D eigenvalue weighted by molar-refractivity contribution is 14.0. The fraction of sp³-hybridized carbons (Fsp3) is 0.708. The summed E-state index contributed by atoms with van der Waals surface area (Å²) in [4.78, 5) is 10.0. The molecule has 3 fully saturated rings. The molecule has 174 valence electrons. The Morgan fingerprint density at radius 3 is 2.68 bits per heavy atom. The van der Waals surface area contributed by atoms with Crippen molar-refractivity contribution < 1.29 is 9.47 Å². The van der Waals surface area contributed by atoms with Crippen molar-refractivity contribution in [2.45, 2.75) is 57.9 Å².